The first-order chi connectivity index (χ1) is 8.74. The molecule has 4 heteroatoms. The van der Waals surface area contributed by atoms with Gasteiger partial charge < -0.3 is 4.74 Å². The van der Waals surface area contributed by atoms with Crippen molar-refractivity contribution in [1.82, 2.24) is 0 Å². The normalized spacial score (nSPS) is 10.1. The van der Waals surface area contributed by atoms with Crippen LogP contribution < -0.4 is 4.74 Å². The molecule has 0 fully saturated rings. The molecule has 92 valence electrons. The van der Waals surface area contributed by atoms with Crippen molar-refractivity contribution in [3.05, 3.63) is 53.8 Å². The first kappa shape index (κ1) is 12.6. The van der Waals surface area contributed by atoms with Crippen LogP contribution in [0.5, 0.6) is 5.75 Å². The maximum absolute atomic E-state index is 13.7. The molecule has 0 radical (unpaired) electrons. The van der Waals surface area contributed by atoms with Gasteiger partial charge in [0.2, 0.25) is 0 Å². The highest BCUT2D eigenvalue weighted by molar-refractivity contribution is 7.99. The molecule has 18 heavy (non-hydrogen) atoms. The number of ether oxygens (including phenoxy) is 1. The van der Waals surface area contributed by atoms with Gasteiger partial charge >= 0.3 is 0 Å². The molecule has 0 saturated heterocycles. The van der Waals surface area contributed by atoms with Crippen molar-refractivity contribution < 1.29 is 13.9 Å². The van der Waals surface area contributed by atoms with Crippen LogP contribution in [0.15, 0.2) is 52.3 Å². The van der Waals surface area contributed by atoms with Gasteiger partial charge in [-0.15, -0.1) is 0 Å². The van der Waals surface area contributed by atoms with Gasteiger partial charge in [-0.1, -0.05) is 23.9 Å². The van der Waals surface area contributed by atoms with E-state index in [0.29, 0.717) is 16.7 Å². The zero-order valence-corrected chi connectivity index (χ0v) is 10.5. The van der Waals surface area contributed by atoms with Crippen molar-refractivity contribution in [3.63, 3.8) is 0 Å². The fourth-order valence-corrected chi connectivity index (χ4v) is 2.40. The predicted octanol–water partition coefficient (Wildman–Crippen LogP) is 3.80. The lowest BCUT2D eigenvalue weighted by atomic mass is 10.2. The molecule has 0 aliphatic rings. The third-order valence-electron chi connectivity index (χ3n) is 2.40. The number of halogens is 1. The molecule has 0 aromatic heterocycles. The molecule has 2 aromatic carbocycles. The molecule has 0 aliphatic carbocycles. The van der Waals surface area contributed by atoms with E-state index in [-0.39, 0.29) is 5.82 Å². The summed E-state index contributed by atoms with van der Waals surface area (Å²) in [6.07, 6.45) is 0.662. The van der Waals surface area contributed by atoms with Crippen molar-refractivity contribution in [2.45, 2.75) is 9.79 Å². The van der Waals surface area contributed by atoms with Crippen LogP contribution >= 0.6 is 11.8 Å². The third kappa shape index (κ3) is 2.71. The van der Waals surface area contributed by atoms with Gasteiger partial charge in [-0.2, -0.15) is 0 Å². The Morgan fingerprint density at radius 2 is 1.89 bits per heavy atom. The average Bonchev–Trinajstić information content (AvgIpc) is 2.42. The standard InChI is InChI=1S/C14H11FO2S/c1-17-11-5-7-12(8-6-11)18-14-10(9-16)3-2-4-13(14)15/h2-9H,1H3. The van der Waals surface area contributed by atoms with E-state index in [1.54, 1.807) is 25.3 Å². The van der Waals surface area contributed by atoms with Crippen molar-refractivity contribution in [2.24, 2.45) is 0 Å². The summed E-state index contributed by atoms with van der Waals surface area (Å²) in [5.41, 5.74) is 0.357. The van der Waals surface area contributed by atoms with Crippen molar-refractivity contribution in [2.75, 3.05) is 7.11 Å². The molecule has 2 aromatic rings. The Morgan fingerprint density at radius 3 is 2.50 bits per heavy atom. The molecule has 2 nitrogen and oxygen atoms in total. The lowest BCUT2D eigenvalue weighted by Crippen LogP contribution is -1.89. The van der Waals surface area contributed by atoms with Gasteiger partial charge in [-0.05, 0) is 30.3 Å². The van der Waals surface area contributed by atoms with E-state index >= 15 is 0 Å². The fraction of sp³-hybridized carbons (Fsp3) is 0.0714. The van der Waals surface area contributed by atoms with Crippen LogP contribution in [0.1, 0.15) is 10.4 Å². The summed E-state index contributed by atoms with van der Waals surface area (Å²) in [5, 5.41) is 0. The zero-order chi connectivity index (χ0) is 13.0. The maximum Gasteiger partial charge on any atom is 0.151 e. The maximum atomic E-state index is 13.7. The molecule has 0 amide bonds. The third-order valence-corrected chi connectivity index (χ3v) is 3.55. The van der Waals surface area contributed by atoms with E-state index in [9.17, 15) is 9.18 Å². The number of aldehydes is 1. The van der Waals surface area contributed by atoms with Gasteiger partial charge in [0.25, 0.3) is 0 Å². The van der Waals surface area contributed by atoms with E-state index in [4.69, 9.17) is 4.74 Å². The highest BCUT2D eigenvalue weighted by Gasteiger charge is 2.09. The summed E-state index contributed by atoms with van der Waals surface area (Å²) in [5.74, 6) is 0.351. The van der Waals surface area contributed by atoms with Gasteiger partial charge in [0, 0.05) is 10.5 Å². The highest BCUT2D eigenvalue weighted by atomic mass is 32.2. The Labute approximate surface area is 109 Å². The van der Waals surface area contributed by atoms with E-state index in [1.807, 2.05) is 12.1 Å². The summed E-state index contributed by atoms with van der Waals surface area (Å²) in [6.45, 7) is 0. The van der Waals surface area contributed by atoms with Crippen LogP contribution in [-0.2, 0) is 0 Å². The number of hydrogen-bond acceptors (Lipinski definition) is 3. The van der Waals surface area contributed by atoms with Gasteiger partial charge in [0.05, 0.1) is 12.0 Å². The minimum absolute atomic E-state index is 0.345. The summed E-state index contributed by atoms with van der Waals surface area (Å²) in [6, 6.07) is 11.7. The van der Waals surface area contributed by atoms with Crippen LogP contribution in [0, 0.1) is 5.82 Å². The number of carbonyl (C=O) groups excluding carboxylic acids is 1. The largest absolute Gasteiger partial charge is 0.497 e. The van der Waals surface area contributed by atoms with Crippen LogP contribution in [0.25, 0.3) is 0 Å². The Morgan fingerprint density at radius 1 is 1.17 bits per heavy atom. The van der Waals surface area contributed by atoms with Crippen molar-refractivity contribution >= 4 is 18.0 Å². The quantitative estimate of drug-likeness (QED) is 0.784. The Bertz CT molecular complexity index is 552. The van der Waals surface area contributed by atoms with Crippen LogP contribution in [0.3, 0.4) is 0 Å². The molecular formula is C14H11FO2S. The summed E-state index contributed by atoms with van der Waals surface area (Å²) >= 11 is 1.22. The summed E-state index contributed by atoms with van der Waals surface area (Å²) < 4.78 is 18.7. The second-order valence-electron chi connectivity index (χ2n) is 3.55. The summed E-state index contributed by atoms with van der Waals surface area (Å²) in [7, 11) is 1.59. The average molecular weight is 262 g/mol. The van der Waals surface area contributed by atoms with Crippen LogP contribution in [0.2, 0.25) is 0 Å². The molecule has 0 saturated carbocycles. The molecular weight excluding hydrogens is 251 g/mol. The predicted molar refractivity (Wildman–Crippen MR) is 68.9 cm³/mol. The van der Waals surface area contributed by atoms with E-state index in [2.05, 4.69) is 0 Å². The van der Waals surface area contributed by atoms with Crippen molar-refractivity contribution in [1.29, 1.82) is 0 Å². The number of rotatable bonds is 4. The highest BCUT2D eigenvalue weighted by Crippen LogP contribution is 2.32. The van der Waals surface area contributed by atoms with E-state index < -0.39 is 0 Å². The molecule has 2 rings (SSSR count). The number of benzene rings is 2. The SMILES string of the molecule is COc1ccc(Sc2c(F)cccc2C=O)cc1. The van der Waals surface area contributed by atoms with Crippen LogP contribution in [-0.4, -0.2) is 13.4 Å². The fourth-order valence-electron chi connectivity index (χ4n) is 1.49. The first-order valence-electron chi connectivity index (χ1n) is 5.30. The number of methoxy groups -OCH3 is 1. The van der Waals surface area contributed by atoms with Gasteiger partial charge in [-0.25, -0.2) is 4.39 Å². The van der Waals surface area contributed by atoms with E-state index in [0.717, 1.165) is 10.6 Å². The molecule has 0 spiro atoms. The molecule has 0 bridgehead atoms. The Kier molecular flexibility index (Phi) is 3.99. The number of carbonyl (C=O) groups is 1. The van der Waals surface area contributed by atoms with Gasteiger partial charge in [-0.3, -0.25) is 4.79 Å². The molecule has 0 N–H and O–H groups in total. The smallest absolute Gasteiger partial charge is 0.151 e. The lowest BCUT2D eigenvalue weighted by molar-refractivity contribution is 0.112. The Hall–Kier alpha value is -1.81. The van der Waals surface area contributed by atoms with E-state index in [1.165, 1.54) is 23.9 Å². The van der Waals surface area contributed by atoms with Crippen LogP contribution in [0.4, 0.5) is 4.39 Å². The molecule has 0 aliphatic heterocycles. The minimum Gasteiger partial charge on any atom is -0.497 e. The second-order valence-corrected chi connectivity index (χ2v) is 4.64. The summed E-state index contributed by atoms with van der Waals surface area (Å²) in [4.78, 5) is 12.1. The van der Waals surface area contributed by atoms with Gasteiger partial charge in [0.15, 0.2) is 6.29 Å². The topological polar surface area (TPSA) is 26.3 Å². The molecule has 0 heterocycles. The minimum atomic E-state index is -0.389. The molecule has 0 unspecified atom stereocenters. The zero-order valence-electron chi connectivity index (χ0n) is 9.72. The second kappa shape index (κ2) is 5.69. The lowest BCUT2D eigenvalue weighted by Gasteiger charge is -2.06. The first-order valence-corrected chi connectivity index (χ1v) is 6.12. The number of hydrogen-bond donors (Lipinski definition) is 0. The van der Waals surface area contributed by atoms with Gasteiger partial charge in [0.1, 0.15) is 11.6 Å². The molecule has 0 atom stereocenters. The Balaban J connectivity index is 2.30. The monoisotopic (exact) mass is 262 g/mol. The van der Waals surface area contributed by atoms with Crippen molar-refractivity contribution in [3.8, 4) is 5.75 Å².